The van der Waals surface area contributed by atoms with E-state index in [1.807, 2.05) is 12.1 Å². The van der Waals surface area contributed by atoms with Crippen molar-refractivity contribution in [3.63, 3.8) is 0 Å². The summed E-state index contributed by atoms with van der Waals surface area (Å²) in [5.74, 6) is -0.747. The number of rotatable bonds is 8. The van der Waals surface area contributed by atoms with Crippen LogP contribution in [0.1, 0.15) is 54.4 Å². The van der Waals surface area contributed by atoms with Crippen LogP contribution in [0.15, 0.2) is 18.2 Å². The van der Waals surface area contributed by atoms with E-state index in [2.05, 4.69) is 39.6 Å². The average Bonchev–Trinajstić information content (AvgIpc) is 3.27. The van der Waals surface area contributed by atoms with Crippen molar-refractivity contribution in [2.45, 2.75) is 63.2 Å². The summed E-state index contributed by atoms with van der Waals surface area (Å²) in [6.45, 7) is 10.1. The number of benzene rings is 1. The Hall–Kier alpha value is -2.65. The first kappa shape index (κ1) is 26.9. The van der Waals surface area contributed by atoms with Gasteiger partial charge in [-0.15, -0.1) is 0 Å². The summed E-state index contributed by atoms with van der Waals surface area (Å²) in [6.07, 6.45) is 5.22. The van der Waals surface area contributed by atoms with E-state index in [-0.39, 0.29) is 24.1 Å². The van der Waals surface area contributed by atoms with Crippen molar-refractivity contribution >= 4 is 44.9 Å². The molecule has 1 saturated carbocycles. The zero-order chi connectivity index (χ0) is 26.8. The van der Waals surface area contributed by atoms with Crippen LogP contribution < -0.4 is 10.2 Å². The molecule has 3 heterocycles. The second-order valence-corrected chi connectivity index (χ2v) is 11.1. The number of nitrogens with one attached hydrogen (secondary N) is 1. The maximum atomic E-state index is 13.2. The summed E-state index contributed by atoms with van der Waals surface area (Å²) >= 11 is 0. The molecule has 1 atom stereocenters. The molecule has 2 radical (unpaired) electrons. The van der Waals surface area contributed by atoms with Gasteiger partial charge in [-0.1, -0.05) is 6.07 Å². The third-order valence-electron chi connectivity index (χ3n) is 8.96. The van der Waals surface area contributed by atoms with Gasteiger partial charge in [0.2, 0.25) is 11.8 Å². The summed E-state index contributed by atoms with van der Waals surface area (Å²) in [6, 6.07) is 6.33. The van der Waals surface area contributed by atoms with Crippen molar-refractivity contribution in [2.24, 2.45) is 0 Å². The molecule has 0 spiro atoms. The van der Waals surface area contributed by atoms with Gasteiger partial charge >= 0.3 is 125 Å². The predicted octanol–water partition coefficient (Wildman–Crippen LogP) is 0.249. The Kier molecular flexibility index (Phi) is 8.23. The van der Waals surface area contributed by atoms with Crippen LogP contribution >= 0.6 is 0 Å². The molecule has 1 aromatic rings. The number of anilines is 1. The van der Waals surface area contributed by atoms with Gasteiger partial charge in [0.05, 0.1) is 0 Å². The van der Waals surface area contributed by atoms with Gasteiger partial charge < -0.3 is 4.90 Å². The molecule has 0 aromatic heterocycles. The number of likely N-dealkylation sites (N-methyl/N-ethyl adjacent to an activating group) is 1. The van der Waals surface area contributed by atoms with Gasteiger partial charge in [0.15, 0.2) is 0 Å². The number of carbonyl (C=O) groups is 3. The molecule has 1 aromatic carbocycles. The quantitative estimate of drug-likeness (QED) is 0.392. The Balaban J connectivity index is 1.12. The maximum absolute atomic E-state index is 13.2. The fourth-order valence-electron chi connectivity index (χ4n) is 6.51. The minimum atomic E-state index is -0.583. The Morgan fingerprint density at radius 1 is 1.05 bits per heavy atom. The number of hydrogen-bond acceptors (Lipinski definition) is 7. The number of imide groups is 1. The van der Waals surface area contributed by atoms with Crippen molar-refractivity contribution in [1.82, 2.24) is 24.7 Å². The molecular formula is C27H38B2N6O3. The third kappa shape index (κ3) is 5.54. The minimum absolute atomic E-state index is 0.115. The van der Waals surface area contributed by atoms with E-state index in [1.54, 1.807) is 16.7 Å². The zero-order valence-electron chi connectivity index (χ0n) is 22.5. The molecule has 3 fully saturated rings. The van der Waals surface area contributed by atoms with Gasteiger partial charge in [0.25, 0.3) is 5.91 Å². The Bertz CT molecular complexity index is 1070. The molecule has 2 saturated heterocycles. The molecule has 11 heteroatoms. The van der Waals surface area contributed by atoms with Crippen molar-refractivity contribution in [2.75, 3.05) is 51.2 Å². The van der Waals surface area contributed by atoms with Crippen LogP contribution in [-0.2, 0) is 16.1 Å². The zero-order valence-corrected chi connectivity index (χ0v) is 22.5. The van der Waals surface area contributed by atoms with Crippen LogP contribution in [0, 0.1) is 0 Å². The van der Waals surface area contributed by atoms with Crippen molar-refractivity contribution in [3.05, 3.63) is 29.3 Å². The van der Waals surface area contributed by atoms with Crippen LogP contribution in [0.25, 0.3) is 0 Å². The van der Waals surface area contributed by atoms with E-state index in [1.165, 1.54) is 12.8 Å². The number of hydrogen-bond donors (Lipinski definition) is 1. The van der Waals surface area contributed by atoms with Gasteiger partial charge in [0.1, 0.15) is 6.04 Å². The molecule has 1 aliphatic carbocycles. The average molecular weight is 516 g/mol. The molecule has 1 N–H and O–H groups in total. The van der Waals surface area contributed by atoms with E-state index < -0.39 is 6.04 Å². The van der Waals surface area contributed by atoms with Crippen molar-refractivity contribution in [1.29, 1.82) is 0 Å². The van der Waals surface area contributed by atoms with E-state index in [0.29, 0.717) is 30.6 Å². The Morgan fingerprint density at radius 2 is 1.76 bits per heavy atom. The van der Waals surface area contributed by atoms with E-state index in [9.17, 15) is 14.4 Å². The number of nitrogens with zero attached hydrogens (tertiary/aromatic N) is 5. The normalized spacial score (nSPS) is 26.4. The van der Waals surface area contributed by atoms with E-state index >= 15 is 0 Å². The summed E-state index contributed by atoms with van der Waals surface area (Å²) in [4.78, 5) is 46.2. The molecule has 3 amide bonds. The molecule has 9 nitrogen and oxygen atoms in total. The van der Waals surface area contributed by atoms with Crippen LogP contribution in [0.4, 0.5) is 5.69 Å². The van der Waals surface area contributed by atoms with Gasteiger partial charge in [-0.3, -0.25) is 19.7 Å². The topological polar surface area (TPSA) is 79.4 Å². The first-order valence-electron chi connectivity index (χ1n) is 14.0. The molecule has 0 bridgehead atoms. The van der Waals surface area contributed by atoms with Crippen LogP contribution in [0.5, 0.6) is 0 Å². The second kappa shape index (κ2) is 11.6. The molecule has 4 aliphatic rings. The van der Waals surface area contributed by atoms with E-state index in [4.69, 9.17) is 7.98 Å². The summed E-state index contributed by atoms with van der Waals surface area (Å²) < 4.78 is 1.76. The number of carbonyl (C=O) groups excluding carboxylic acids is 3. The fourth-order valence-corrected chi connectivity index (χ4v) is 6.51. The SMILES string of the molecule is [B]N(B=C)C1CCC(N(C)CCN2CCN(c3cccc4c3CN(C3CCC(=O)NC3=O)C4=O)CC2)CC1. The number of amides is 3. The van der Waals surface area contributed by atoms with Gasteiger partial charge in [-0.25, -0.2) is 0 Å². The van der Waals surface area contributed by atoms with Crippen LogP contribution in [-0.4, -0.2) is 123 Å². The van der Waals surface area contributed by atoms with Gasteiger partial charge in [-0.2, -0.15) is 0 Å². The first-order chi connectivity index (χ1) is 18.4. The molecule has 1 unspecified atom stereocenters. The number of piperidine rings is 1. The van der Waals surface area contributed by atoms with E-state index in [0.717, 1.165) is 63.4 Å². The van der Waals surface area contributed by atoms with Crippen LogP contribution in [0.3, 0.4) is 0 Å². The van der Waals surface area contributed by atoms with Gasteiger partial charge in [0, 0.05) is 29.8 Å². The Morgan fingerprint density at radius 3 is 2.45 bits per heavy atom. The standard InChI is InChI=1S/C27H38B2N6O3/c1-29-35(28)20-8-6-19(7-9-20)31(2)12-13-32-14-16-33(17-15-32)23-5-3-4-21-22(23)18-34(27(21)38)24-10-11-25(36)30-26(24)37/h3-5,19-20,24H,1,6-18H2,2H3,(H,30,36,37). The van der Waals surface area contributed by atoms with Crippen molar-refractivity contribution < 1.29 is 14.4 Å². The molecule has 38 heavy (non-hydrogen) atoms. The molecule has 3 aliphatic heterocycles. The molecule has 5 rings (SSSR count). The first-order valence-corrected chi connectivity index (χ1v) is 14.0. The fraction of sp³-hybridized carbons (Fsp3) is 0.630. The Labute approximate surface area is 227 Å². The van der Waals surface area contributed by atoms with Gasteiger partial charge in [-0.05, 0) is 18.6 Å². The number of piperazine rings is 1. The number of fused-ring (bicyclic) bond motifs is 1. The summed E-state index contributed by atoms with van der Waals surface area (Å²) in [5.41, 5.74) is 2.77. The third-order valence-corrected chi connectivity index (χ3v) is 8.96. The summed E-state index contributed by atoms with van der Waals surface area (Å²) in [7, 11) is 9.98. The monoisotopic (exact) mass is 516 g/mol. The van der Waals surface area contributed by atoms with Crippen molar-refractivity contribution in [3.8, 4) is 0 Å². The molecular weight excluding hydrogens is 478 g/mol. The second-order valence-electron chi connectivity index (χ2n) is 11.1. The summed E-state index contributed by atoms with van der Waals surface area (Å²) in [5, 5.41) is 2.38. The van der Waals surface area contributed by atoms with Crippen LogP contribution in [0.2, 0.25) is 0 Å². The molecule has 200 valence electrons. The predicted molar refractivity (Wildman–Crippen MR) is 150 cm³/mol.